The van der Waals surface area contributed by atoms with Crippen LogP contribution >= 0.6 is 0 Å². The number of amides is 1. The Balaban J connectivity index is 1.67. The van der Waals surface area contributed by atoms with Crippen LogP contribution in [0.25, 0.3) is 6.08 Å². The first-order valence-corrected chi connectivity index (χ1v) is 9.55. The Morgan fingerprint density at radius 1 is 1.35 bits per heavy atom. The number of piperazine rings is 1. The van der Waals surface area contributed by atoms with E-state index < -0.39 is 0 Å². The maximum atomic E-state index is 12.4. The molecule has 1 amide bonds. The van der Waals surface area contributed by atoms with Gasteiger partial charge in [0.05, 0.1) is 6.26 Å². The van der Waals surface area contributed by atoms with E-state index in [2.05, 4.69) is 36.4 Å². The molecule has 0 saturated carbocycles. The summed E-state index contributed by atoms with van der Waals surface area (Å²) in [5.41, 5.74) is 1.40. The van der Waals surface area contributed by atoms with Crippen molar-refractivity contribution in [2.45, 2.75) is 31.7 Å². The summed E-state index contributed by atoms with van der Waals surface area (Å²) in [4.78, 5) is 19.4. The summed E-state index contributed by atoms with van der Waals surface area (Å²) < 4.78 is 5.43. The zero-order valence-electron chi connectivity index (χ0n) is 16.1. The lowest BCUT2D eigenvalue weighted by molar-refractivity contribution is -0.130. The van der Waals surface area contributed by atoms with E-state index in [0.717, 1.165) is 51.3 Å². The molecule has 0 N–H and O–H groups in total. The molecule has 0 bridgehead atoms. The minimum atomic E-state index is 0.0921. The molecule has 2 aliphatic heterocycles. The van der Waals surface area contributed by atoms with E-state index in [9.17, 15) is 4.79 Å². The molecule has 1 aromatic heterocycles. The van der Waals surface area contributed by atoms with Crippen molar-refractivity contribution in [1.29, 1.82) is 0 Å². The highest BCUT2D eigenvalue weighted by Crippen LogP contribution is 2.32. The second-order valence-corrected chi connectivity index (χ2v) is 7.74. The Labute approximate surface area is 156 Å². The highest BCUT2D eigenvalue weighted by molar-refractivity contribution is 5.76. The fourth-order valence-corrected chi connectivity index (χ4v) is 4.27. The van der Waals surface area contributed by atoms with Gasteiger partial charge in [-0.05, 0) is 45.0 Å². The maximum absolute atomic E-state index is 12.4. The van der Waals surface area contributed by atoms with Gasteiger partial charge in [-0.15, -0.1) is 6.58 Å². The minimum absolute atomic E-state index is 0.0921. The van der Waals surface area contributed by atoms with Crippen LogP contribution in [-0.2, 0) is 4.79 Å². The summed E-state index contributed by atoms with van der Waals surface area (Å²) in [6, 6.07) is 3.90. The third kappa shape index (κ3) is 4.27. The molecule has 142 valence electrons. The summed E-state index contributed by atoms with van der Waals surface area (Å²) in [5, 5.41) is 0. The fourth-order valence-electron chi connectivity index (χ4n) is 4.27. The zero-order chi connectivity index (χ0) is 18.6. The third-order valence-electron chi connectivity index (χ3n) is 5.84. The largest absolute Gasteiger partial charge is 0.465 e. The molecule has 1 spiro atoms. The second kappa shape index (κ2) is 8.23. The van der Waals surface area contributed by atoms with Crippen molar-refractivity contribution in [1.82, 2.24) is 14.7 Å². The lowest BCUT2D eigenvalue weighted by Gasteiger charge is -2.49. The van der Waals surface area contributed by atoms with Gasteiger partial charge in [0.25, 0.3) is 0 Å². The van der Waals surface area contributed by atoms with Gasteiger partial charge in [-0.1, -0.05) is 11.6 Å². The molecule has 1 unspecified atom stereocenters. The van der Waals surface area contributed by atoms with Crippen LogP contribution in [0, 0.1) is 0 Å². The highest BCUT2D eigenvalue weighted by Gasteiger charge is 2.41. The van der Waals surface area contributed by atoms with Crippen LogP contribution in [0.5, 0.6) is 0 Å². The van der Waals surface area contributed by atoms with Gasteiger partial charge in [-0.25, -0.2) is 0 Å². The molecule has 1 aromatic rings. The van der Waals surface area contributed by atoms with Crippen LogP contribution in [0.1, 0.15) is 31.9 Å². The molecule has 0 aromatic carbocycles. The number of carbonyl (C=O) groups is 1. The number of nitrogens with zero attached hydrogens (tertiary/aromatic N) is 3. The SMILES string of the molecule is C=CCN1CCC2(CCC1=O)CN(C/C(C)=C/c1ccco1)CCN2C. The van der Waals surface area contributed by atoms with Crippen molar-refractivity contribution in [3.05, 3.63) is 42.4 Å². The topological polar surface area (TPSA) is 39.9 Å². The Morgan fingerprint density at radius 2 is 2.19 bits per heavy atom. The molecule has 3 heterocycles. The number of likely N-dealkylation sites (tertiary alicyclic amines) is 1. The van der Waals surface area contributed by atoms with E-state index in [4.69, 9.17) is 4.42 Å². The van der Waals surface area contributed by atoms with Crippen LogP contribution in [-0.4, -0.2) is 72.5 Å². The fraction of sp³-hybridized carbons (Fsp3) is 0.571. The van der Waals surface area contributed by atoms with Crippen molar-refractivity contribution in [2.24, 2.45) is 0 Å². The number of hydrogen-bond donors (Lipinski definition) is 0. The van der Waals surface area contributed by atoms with Gasteiger partial charge in [-0.3, -0.25) is 14.6 Å². The summed E-state index contributed by atoms with van der Waals surface area (Å²) in [7, 11) is 2.22. The zero-order valence-corrected chi connectivity index (χ0v) is 16.1. The summed E-state index contributed by atoms with van der Waals surface area (Å²) in [6.45, 7) is 11.5. The van der Waals surface area contributed by atoms with Gasteiger partial charge in [0.1, 0.15) is 5.76 Å². The van der Waals surface area contributed by atoms with Gasteiger partial charge in [0, 0.05) is 51.2 Å². The highest BCUT2D eigenvalue weighted by atomic mass is 16.3. The molecule has 2 fully saturated rings. The molecular weight excluding hydrogens is 326 g/mol. The van der Waals surface area contributed by atoms with Crippen molar-refractivity contribution in [3.8, 4) is 0 Å². The Morgan fingerprint density at radius 3 is 2.92 bits per heavy atom. The number of furan rings is 1. The van der Waals surface area contributed by atoms with Gasteiger partial charge in [-0.2, -0.15) is 0 Å². The van der Waals surface area contributed by atoms with E-state index in [1.165, 1.54) is 5.57 Å². The lowest BCUT2D eigenvalue weighted by atomic mass is 9.86. The molecule has 2 aliphatic rings. The van der Waals surface area contributed by atoms with E-state index >= 15 is 0 Å². The third-order valence-corrected chi connectivity index (χ3v) is 5.84. The average molecular weight is 357 g/mol. The van der Waals surface area contributed by atoms with Crippen LogP contribution in [0.2, 0.25) is 0 Å². The van der Waals surface area contributed by atoms with Gasteiger partial charge >= 0.3 is 0 Å². The normalized spacial score (nSPS) is 26.3. The Bertz CT molecular complexity index is 652. The monoisotopic (exact) mass is 357 g/mol. The standard InChI is InChI=1S/C21H31N3O2/c1-4-10-24-11-9-21(8-7-20(24)25)17-23(13-12-22(21)3)16-18(2)15-19-6-5-14-26-19/h4-6,14-15H,1,7-13,16-17H2,2-3H3/b18-15+. The predicted molar refractivity (Wildman–Crippen MR) is 105 cm³/mol. The summed E-state index contributed by atoms with van der Waals surface area (Å²) in [5.74, 6) is 1.17. The molecular formula is C21H31N3O2. The molecule has 3 rings (SSSR count). The lowest BCUT2D eigenvalue weighted by Crippen LogP contribution is -2.61. The van der Waals surface area contributed by atoms with Gasteiger partial charge < -0.3 is 9.32 Å². The van der Waals surface area contributed by atoms with Gasteiger partial charge in [0.2, 0.25) is 5.91 Å². The number of hydrogen-bond acceptors (Lipinski definition) is 4. The quantitative estimate of drug-likeness (QED) is 0.760. The molecule has 0 radical (unpaired) electrons. The van der Waals surface area contributed by atoms with Crippen molar-refractivity contribution >= 4 is 12.0 Å². The number of rotatable bonds is 5. The van der Waals surface area contributed by atoms with E-state index in [1.807, 2.05) is 23.1 Å². The van der Waals surface area contributed by atoms with Crippen molar-refractivity contribution in [3.63, 3.8) is 0 Å². The van der Waals surface area contributed by atoms with Crippen LogP contribution in [0.15, 0.2) is 41.0 Å². The average Bonchev–Trinajstić information content (AvgIpc) is 3.06. The van der Waals surface area contributed by atoms with Gasteiger partial charge in [0.15, 0.2) is 0 Å². The van der Waals surface area contributed by atoms with Crippen LogP contribution < -0.4 is 0 Å². The first kappa shape index (κ1) is 18.9. The van der Waals surface area contributed by atoms with Crippen LogP contribution in [0.4, 0.5) is 0 Å². The predicted octanol–water partition coefficient (Wildman–Crippen LogP) is 2.87. The smallest absolute Gasteiger partial charge is 0.222 e. The minimum Gasteiger partial charge on any atom is -0.465 e. The number of likely N-dealkylation sites (N-methyl/N-ethyl adjacent to an activating group) is 1. The first-order valence-electron chi connectivity index (χ1n) is 9.55. The number of carbonyl (C=O) groups excluding carboxylic acids is 1. The van der Waals surface area contributed by atoms with Crippen LogP contribution in [0.3, 0.4) is 0 Å². The summed E-state index contributed by atoms with van der Waals surface area (Å²) >= 11 is 0. The molecule has 5 heteroatoms. The van der Waals surface area contributed by atoms with E-state index in [1.54, 1.807) is 6.26 Å². The second-order valence-electron chi connectivity index (χ2n) is 7.74. The first-order chi connectivity index (χ1) is 12.5. The molecule has 0 aliphatic carbocycles. The Kier molecular flexibility index (Phi) is 5.99. The van der Waals surface area contributed by atoms with E-state index in [-0.39, 0.29) is 11.4 Å². The molecule has 26 heavy (non-hydrogen) atoms. The Hall–Kier alpha value is -1.85. The van der Waals surface area contributed by atoms with E-state index in [0.29, 0.717) is 13.0 Å². The van der Waals surface area contributed by atoms with Crippen molar-refractivity contribution in [2.75, 3.05) is 46.3 Å². The molecule has 1 atom stereocenters. The maximum Gasteiger partial charge on any atom is 0.222 e. The molecule has 5 nitrogen and oxygen atoms in total. The summed E-state index contributed by atoms with van der Waals surface area (Å²) in [6.07, 6.45) is 8.26. The molecule has 2 saturated heterocycles. The van der Waals surface area contributed by atoms with Crippen molar-refractivity contribution < 1.29 is 9.21 Å².